The minimum absolute atomic E-state index is 0.184. The Balaban J connectivity index is 1.84. The highest BCUT2D eigenvalue weighted by Gasteiger charge is 2.22. The summed E-state index contributed by atoms with van der Waals surface area (Å²) in [6.07, 6.45) is 4.74. The summed E-state index contributed by atoms with van der Waals surface area (Å²) in [6.45, 7) is 0.772. The number of rotatable bonds is 3. The van der Waals surface area contributed by atoms with E-state index in [0.29, 0.717) is 6.04 Å². The molecular formula is C13H17ClFN. The van der Waals surface area contributed by atoms with Crippen LogP contribution < -0.4 is 5.32 Å². The SMILES string of the molecule is Fc1ccc(CNC2CCCCC2Cl)cc1. The van der Waals surface area contributed by atoms with Gasteiger partial charge in [0.2, 0.25) is 0 Å². The third-order valence-corrected chi connectivity index (χ3v) is 3.69. The van der Waals surface area contributed by atoms with Crippen molar-refractivity contribution >= 4 is 11.6 Å². The summed E-state index contributed by atoms with van der Waals surface area (Å²) in [6, 6.07) is 7.02. The van der Waals surface area contributed by atoms with Gasteiger partial charge in [0.1, 0.15) is 5.82 Å². The van der Waals surface area contributed by atoms with Crippen LogP contribution in [0.25, 0.3) is 0 Å². The second-order valence-corrected chi connectivity index (χ2v) is 4.97. The zero-order valence-corrected chi connectivity index (χ0v) is 10.0. The predicted octanol–water partition coefficient (Wildman–Crippen LogP) is 3.47. The molecule has 1 N–H and O–H groups in total. The molecule has 16 heavy (non-hydrogen) atoms. The zero-order valence-electron chi connectivity index (χ0n) is 9.26. The van der Waals surface area contributed by atoms with Crippen molar-refractivity contribution in [2.75, 3.05) is 0 Å². The van der Waals surface area contributed by atoms with Crippen molar-refractivity contribution in [1.29, 1.82) is 0 Å². The average molecular weight is 242 g/mol. The number of alkyl halides is 1. The Hall–Kier alpha value is -0.600. The molecule has 2 unspecified atom stereocenters. The van der Waals surface area contributed by atoms with E-state index >= 15 is 0 Å². The molecule has 2 atom stereocenters. The summed E-state index contributed by atoms with van der Waals surface area (Å²) >= 11 is 6.25. The summed E-state index contributed by atoms with van der Waals surface area (Å²) in [4.78, 5) is 0. The number of hydrogen-bond acceptors (Lipinski definition) is 1. The van der Waals surface area contributed by atoms with E-state index in [-0.39, 0.29) is 11.2 Å². The Morgan fingerprint density at radius 2 is 1.88 bits per heavy atom. The summed E-state index contributed by atoms with van der Waals surface area (Å²) < 4.78 is 12.7. The highest BCUT2D eigenvalue weighted by Crippen LogP contribution is 2.23. The first kappa shape index (κ1) is 11.9. The molecule has 0 bridgehead atoms. The molecule has 1 aromatic carbocycles. The van der Waals surface area contributed by atoms with Gasteiger partial charge in [0.15, 0.2) is 0 Å². The minimum atomic E-state index is -0.184. The average Bonchev–Trinajstić information content (AvgIpc) is 2.30. The summed E-state index contributed by atoms with van der Waals surface area (Å²) in [5.41, 5.74) is 1.11. The summed E-state index contributed by atoms with van der Waals surface area (Å²) in [5, 5.41) is 3.70. The van der Waals surface area contributed by atoms with Gasteiger partial charge in [-0.3, -0.25) is 0 Å². The Morgan fingerprint density at radius 1 is 1.19 bits per heavy atom. The predicted molar refractivity (Wildman–Crippen MR) is 65.1 cm³/mol. The minimum Gasteiger partial charge on any atom is -0.308 e. The Bertz CT molecular complexity index is 325. The van der Waals surface area contributed by atoms with E-state index in [0.717, 1.165) is 24.9 Å². The molecule has 0 amide bonds. The molecule has 0 radical (unpaired) electrons. The van der Waals surface area contributed by atoms with E-state index in [1.165, 1.54) is 25.0 Å². The van der Waals surface area contributed by atoms with Gasteiger partial charge in [-0.25, -0.2) is 4.39 Å². The first-order valence-electron chi connectivity index (χ1n) is 5.87. The van der Waals surface area contributed by atoms with Gasteiger partial charge < -0.3 is 5.32 Å². The van der Waals surface area contributed by atoms with Crippen molar-refractivity contribution in [3.05, 3.63) is 35.6 Å². The largest absolute Gasteiger partial charge is 0.308 e. The van der Waals surface area contributed by atoms with Crippen LogP contribution in [0.5, 0.6) is 0 Å². The lowest BCUT2D eigenvalue weighted by molar-refractivity contribution is 0.378. The van der Waals surface area contributed by atoms with Gasteiger partial charge in [-0.05, 0) is 30.5 Å². The van der Waals surface area contributed by atoms with Gasteiger partial charge in [-0.15, -0.1) is 11.6 Å². The lowest BCUT2D eigenvalue weighted by Crippen LogP contribution is -2.38. The van der Waals surface area contributed by atoms with Crippen molar-refractivity contribution in [1.82, 2.24) is 5.32 Å². The number of nitrogens with one attached hydrogen (secondary N) is 1. The zero-order chi connectivity index (χ0) is 11.4. The molecule has 1 nitrogen and oxygen atoms in total. The molecule has 1 aliphatic rings. The van der Waals surface area contributed by atoms with E-state index < -0.39 is 0 Å². The third kappa shape index (κ3) is 3.19. The molecule has 1 aromatic rings. The lowest BCUT2D eigenvalue weighted by Gasteiger charge is -2.28. The number of halogens is 2. The second kappa shape index (κ2) is 5.65. The summed E-state index contributed by atoms with van der Waals surface area (Å²) in [7, 11) is 0. The molecule has 1 fully saturated rings. The molecule has 0 aliphatic heterocycles. The maximum atomic E-state index is 12.7. The van der Waals surface area contributed by atoms with E-state index in [2.05, 4.69) is 5.32 Å². The van der Waals surface area contributed by atoms with Crippen molar-refractivity contribution in [3.63, 3.8) is 0 Å². The molecule has 3 heteroatoms. The molecule has 0 spiro atoms. The highest BCUT2D eigenvalue weighted by molar-refractivity contribution is 6.21. The smallest absolute Gasteiger partial charge is 0.123 e. The first-order chi connectivity index (χ1) is 7.75. The van der Waals surface area contributed by atoms with Gasteiger partial charge in [0.05, 0.1) is 0 Å². The monoisotopic (exact) mass is 241 g/mol. The van der Waals surface area contributed by atoms with Crippen LogP contribution in [-0.2, 0) is 6.54 Å². The van der Waals surface area contributed by atoms with Crippen LogP contribution in [0.15, 0.2) is 24.3 Å². The van der Waals surface area contributed by atoms with Crippen LogP contribution >= 0.6 is 11.6 Å². The fourth-order valence-electron chi connectivity index (χ4n) is 2.17. The maximum Gasteiger partial charge on any atom is 0.123 e. The first-order valence-corrected chi connectivity index (χ1v) is 6.31. The quantitative estimate of drug-likeness (QED) is 0.800. The van der Waals surface area contributed by atoms with Crippen molar-refractivity contribution < 1.29 is 4.39 Å². The van der Waals surface area contributed by atoms with Gasteiger partial charge in [-0.2, -0.15) is 0 Å². The number of benzene rings is 1. The van der Waals surface area contributed by atoms with Gasteiger partial charge in [-0.1, -0.05) is 25.0 Å². The molecule has 88 valence electrons. The molecule has 0 aromatic heterocycles. The van der Waals surface area contributed by atoms with Crippen LogP contribution in [0, 0.1) is 5.82 Å². The number of hydrogen-bond donors (Lipinski definition) is 1. The van der Waals surface area contributed by atoms with Crippen LogP contribution in [0.4, 0.5) is 4.39 Å². The lowest BCUT2D eigenvalue weighted by atomic mass is 9.95. The Morgan fingerprint density at radius 3 is 2.56 bits per heavy atom. The molecule has 1 aliphatic carbocycles. The normalized spacial score (nSPS) is 25.6. The van der Waals surface area contributed by atoms with Crippen LogP contribution in [0.2, 0.25) is 0 Å². The topological polar surface area (TPSA) is 12.0 Å². The van der Waals surface area contributed by atoms with Crippen LogP contribution in [0.3, 0.4) is 0 Å². The van der Waals surface area contributed by atoms with Crippen molar-refractivity contribution in [2.24, 2.45) is 0 Å². The van der Waals surface area contributed by atoms with E-state index in [1.54, 1.807) is 0 Å². The van der Waals surface area contributed by atoms with E-state index in [1.807, 2.05) is 12.1 Å². The van der Waals surface area contributed by atoms with Crippen molar-refractivity contribution in [2.45, 2.75) is 43.6 Å². The van der Waals surface area contributed by atoms with E-state index in [4.69, 9.17) is 11.6 Å². The third-order valence-electron chi connectivity index (χ3n) is 3.16. The highest BCUT2D eigenvalue weighted by atomic mass is 35.5. The molecule has 0 heterocycles. The molecule has 0 saturated heterocycles. The molecular weight excluding hydrogens is 225 g/mol. The summed E-state index contributed by atoms with van der Waals surface area (Å²) in [5.74, 6) is -0.184. The molecule has 2 rings (SSSR count). The van der Waals surface area contributed by atoms with Crippen molar-refractivity contribution in [3.8, 4) is 0 Å². The van der Waals surface area contributed by atoms with Crippen LogP contribution in [-0.4, -0.2) is 11.4 Å². The molecule has 1 saturated carbocycles. The fraction of sp³-hybridized carbons (Fsp3) is 0.538. The van der Waals surface area contributed by atoms with Gasteiger partial charge in [0, 0.05) is 18.0 Å². The maximum absolute atomic E-state index is 12.7. The second-order valence-electron chi connectivity index (χ2n) is 4.41. The van der Waals surface area contributed by atoms with Gasteiger partial charge >= 0.3 is 0 Å². The van der Waals surface area contributed by atoms with E-state index in [9.17, 15) is 4.39 Å². The Labute approximate surface area is 101 Å². The Kier molecular flexibility index (Phi) is 4.19. The van der Waals surface area contributed by atoms with Crippen LogP contribution in [0.1, 0.15) is 31.2 Å². The standard InChI is InChI=1S/C13H17ClFN/c14-12-3-1-2-4-13(12)16-9-10-5-7-11(15)8-6-10/h5-8,12-13,16H,1-4,9H2. The fourth-order valence-corrected chi connectivity index (χ4v) is 2.54. The van der Waals surface area contributed by atoms with Gasteiger partial charge in [0.25, 0.3) is 0 Å².